The maximum atomic E-state index is 12.2. The maximum absolute atomic E-state index is 12.2. The van der Waals surface area contributed by atoms with E-state index in [1.54, 1.807) is 0 Å². The number of ether oxygens (including phenoxy) is 1. The van der Waals surface area contributed by atoms with Gasteiger partial charge in [0.15, 0.2) is 0 Å². The Bertz CT molecular complexity index is 553. The van der Waals surface area contributed by atoms with E-state index < -0.39 is 5.60 Å². The van der Waals surface area contributed by atoms with E-state index >= 15 is 0 Å². The monoisotopic (exact) mass is 289 g/mol. The van der Waals surface area contributed by atoms with Gasteiger partial charge >= 0.3 is 6.09 Å². The van der Waals surface area contributed by atoms with Crippen molar-refractivity contribution in [3.63, 3.8) is 0 Å². The van der Waals surface area contributed by atoms with Crippen LogP contribution in [0.15, 0.2) is 24.3 Å². The summed E-state index contributed by atoms with van der Waals surface area (Å²) in [5.41, 5.74) is 7.50. The van der Waals surface area contributed by atoms with Crippen molar-refractivity contribution in [1.29, 1.82) is 0 Å². The molecule has 2 fully saturated rings. The molecule has 5 heteroatoms. The van der Waals surface area contributed by atoms with Crippen LogP contribution in [0.4, 0.5) is 16.2 Å². The minimum atomic E-state index is -0.442. The van der Waals surface area contributed by atoms with Crippen LogP contribution in [0.3, 0.4) is 0 Å². The van der Waals surface area contributed by atoms with Gasteiger partial charge in [0.2, 0.25) is 0 Å². The van der Waals surface area contributed by atoms with Crippen LogP contribution in [0.1, 0.15) is 27.2 Å². The number of rotatable bonds is 1. The number of hydrogen-bond donors (Lipinski definition) is 1. The Hall–Kier alpha value is -1.91. The molecule has 0 radical (unpaired) electrons. The van der Waals surface area contributed by atoms with E-state index in [0.29, 0.717) is 12.6 Å². The number of piperazine rings is 1. The van der Waals surface area contributed by atoms with Crippen molar-refractivity contribution in [3.05, 3.63) is 24.3 Å². The average molecular weight is 289 g/mol. The van der Waals surface area contributed by atoms with Crippen LogP contribution in [0.2, 0.25) is 0 Å². The molecule has 0 spiro atoms. The fourth-order valence-electron chi connectivity index (χ4n) is 3.26. The predicted octanol–water partition coefficient (Wildman–Crippen LogP) is 2.47. The Morgan fingerprint density at radius 3 is 2.52 bits per heavy atom. The van der Waals surface area contributed by atoms with Crippen LogP contribution < -0.4 is 10.6 Å². The molecule has 0 saturated carbocycles. The average Bonchev–Trinajstić information content (AvgIpc) is 2.96. The van der Waals surface area contributed by atoms with E-state index in [0.717, 1.165) is 24.3 Å². The first-order valence-corrected chi connectivity index (χ1v) is 7.46. The van der Waals surface area contributed by atoms with Gasteiger partial charge < -0.3 is 20.3 Å². The summed E-state index contributed by atoms with van der Waals surface area (Å²) in [6.45, 7) is 7.24. The van der Waals surface area contributed by atoms with Crippen molar-refractivity contribution < 1.29 is 9.53 Å². The Kier molecular flexibility index (Phi) is 3.23. The van der Waals surface area contributed by atoms with Gasteiger partial charge in [-0.2, -0.15) is 0 Å². The third-order valence-electron chi connectivity index (χ3n) is 4.11. The molecule has 2 atom stereocenters. The summed E-state index contributed by atoms with van der Waals surface area (Å²) >= 11 is 0. The number of amides is 1. The first-order chi connectivity index (χ1) is 9.85. The number of carbonyl (C=O) groups is 1. The number of anilines is 2. The quantitative estimate of drug-likeness (QED) is 0.807. The molecular formula is C16H23N3O2. The molecule has 0 aromatic heterocycles. The van der Waals surface area contributed by atoms with Gasteiger partial charge in [0, 0.05) is 19.1 Å². The number of nitrogen functional groups attached to an aromatic ring is 1. The van der Waals surface area contributed by atoms with Crippen molar-refractivity contribution in [2.24, 2.45) is 0 Å². The van der Waals surface area contributed by atoms with Crippen molar-refractivity contribution in [3.8, 4) is 0 Å². The zero-order valence-corrected chi connectivity index (χ0v) is 12.9. The fourth-order valence-corrected chi connectivity index (χ4v) is 3.26. The minimum Gasteiger partial charge on any atom is -0.444 e. The molecule has 2 N–H and O–H groups in total. The number of hydrogen-bond acceptors (Lipinski definition) is 4. The largest absolute Gasteiger partial charge is 0.444 e. The second kappa shape index (κ2) is 4.83. The van der Waals surface area contributed by atoms with Gasteiger partial charge in [0.05, 0.1) is 17.4 Å². The smallest absolute Gasteiger partial charge is 0.410 e. The van der Waals surface area contributed by atoms with Gasteiger partial charge in [-0.05, 0) is 39.3 Å². The summed E-state index contributed by atoms with van der Waals surface area (Å²) in [7, 11) is 0. The summed E-state index contributed by atoms with van der Waals surface area (Å²) in [5.74, 6) is 0. The van der Waals surface area contributed by atoms with E-state index in [1.807, 2.05) is 49.9 Å². The van der Waals surface area contributed by atoms with E-state index in [1.165, 1.54) is 0 Å². The maximum Gasteiger partial charge on any atom is 0.410 e. The number of benzene rings is 1. The third kappa shape index (κ3) is 2.64. The Balaban J connectivity index is 1.70. The van der Waals surface area contributed by atoms with Crippen LogP contribution >= 0.6 is 0 Å². The second-order valence-corrected chi connectivity index (χ2v) is 6.89. The number of fused-ring (bicyclic) bond motifs is 2. The number of carbonyl (C=O) groups excluding carboxylic acids is 1. The molecule has 114 valence electrons. The van der Waals surface area contributed by atoms with Crippen molar-refractivity contribution in [2.75, 3.05) is 23.7 Å². The third-order valence-corrected chi connectivity index (χ3v) is 4.11. The van der Waals surface area contributed by atoms with Gasteiger partial charge in [0.25, 0.3) is 0 Å². The first-order valence-electron chi connectivity index (χ1n) is 7.46. The Morgan fingerprint density at radius 2 is 1.95 bits per heavy atom. The van der Waals surface area contributed by atoms with Crippen molar-refractivity contribution >= 4 is 17.5 Å². The SMILES string of the molecule is CC(C)(C)OC(=O)N1CC2CC1CN2c1ccccc1N. The lowest BCUT2D eigenvalue weighted by atomic mass is 10.2. The van der Waals surface area contributed by atoms with Gasteiger partial charge in [0.1, 0.15) is 5.60 Å². The van der Waals surface area contributed by atoms with Crippen LogP contribution in [-0.2, 0) is 4.74 Å². The molecule has 2 saturated heterocycles. The van der Waals surface area contributed by atoms with Crippen molar-refractivity contribution in [1.82, 2.24) is 4.90 Å². The molecule has 2 bridgehead atoms. The van der Waals surface area contributed by atoms with Crippen molar-refractivity contribution in [2.45, 2.75) is 44.9 Å². The normalized spacial score (nSPS) is 24.5. The number of nitrogens with two attached hydrogens (primary N) is 1. The molecule has 2 aliphatic heterocycles. The molecule has 5 nitrogen and oxygen atoms in total. The van der Waals surface area contributed by atoms with Crippen LogP contribution in [0.5, 0.6) is 0 Å². The van der Waals surface area contributed by atoms with Crippen LogP contribution in [0.25, 0.3) is 0 Å². The van der Waals surface area contributed by atoms with Crippen LogP contribution in [0, 0.1) is 0 Å². The van der Waals surface area contributed by atoms with Gasteiger partial charge in [-0.1, -0.05) is 12.1 Å². The Labute approximate surface area is 125 Å². The summed E-state index contributed by atoms with van der Waals surface area (Å²) in [6, 6.07) is 8.49. The standard InChI is InChI=1S/C16H23N3O2/c1-16(2,3)21-15(20)19-10-11-8-12(19)9-18(11)14-7-5-4-6-13(14)17/h4-7,11-12H,8-10,17H2,1-3H3. The topological polar surface area (TPSA) is 58.8 Å². The van der Waals surface area contributed by atoms with E-state index in [-0.39, 0.29) is 12.1 Å². The molecule has 2 unspecified atom stereocenters. The number of para-hydroxylation sites is 2. The lowest BCUT2D eigenvalue weighted by Gasteiger charge is -2.36. The Morgan fingerprint density at radius 1 is 1.24 bits per heavy atom. The fraction of sp³-hybridized carbons (Fsp3) is 0.562. The molecule has 2 heterocycles. The molecule has 1 aromatic rings. The predicted molar refractivity (Wildman–Crippen MR) is 83.3 cm³/mol. The first kappa shape index (κ1) is 14.0. The molecule has 1 amide bonds. The second-order valence-electron chi connectivity index (χ2n) is 6.89. The molecule has 3 rings (SSSR count). The number of nitrogens with zero attached hydrogens (tertiary/aromatic N) is 2. The summed E-state index contributed by atoms with van der Waals surface area (Å²) in [5, 5.41) is 0. The lowest BCUT2D eigenvalue weighted by Crippen LogP contribution is -2.50. The van der Waals surface area contributed by atoms with E-state index in [9.17, 15) is 4.79 Å². The molecular weight excluding hydrogens is 266 g/mol. The van der Waals surface area contributed by atoms with E-state index in [2.05, 4.69) is 4.90 Å². The summed E-state index contributed by atoms with van der Waals surface area (Å²) in [6.07, 6.45) is 0.795. The molecule has 1 aromatic carbocycles. The van der Waals surface area contributed by atoms with Gasteiger partial charge in [-0.3, -0.25) is 0 Å². The van der Waals surface area contributed by atoms with Gasteiger partial charge in [-0.15, -0.1) is 0 Å². The summed E-state index contributed by atoms with van der Waals surface area (Å²) in [4.78, 5) is 16.4. The molecule has 2 aliphatic rings. The summed E-state index contributed by atoms with van der Waals surface area (Å²) < 4.78 is 5.48. The van der Waals surface area contributed by atoms with Gasteiger partial charge in [-0.25, -0.2) is 4.79 Å². The highest BCUT2D eigenvalue weighted by Gasteiger charge is 2.46. The zero-order chi connectivity index (χ0) is 15.2. The highest BCUT2D eigenvalue weighted by molar-refractivity contribution is 5.72. The molecule has 0 aliphatic carbocycles. The lowest BCUT2D eigenvalue weighted by molar-refractivity contribution is 0.0215. The zero-order valence-electron chi connectivity index (χ0n) is 12.9. The highest BCUT2D eigenvalue weighted by atomic mass is 16.6. The highest BCUT2D eigenvalue weighted by Crippen LogP contribution is 2.37. The molecule has 21 heavy (non-hydrogen) atoms. The van der Waals surface area contributed by atoms with Crippen LogP contribution in [-0.4, -0.2) is 41.8 Å². The number of likely N-dealkylation sites (tertiary alicyclic amines) is 1. The minimum absolute atomic E-state index is 0.198. The van der Waals surface area contributed by atoms with E-state index in [4.69, 9.17) is 10.5 Å².